The van der Waals surface area contributed by atoms with E-state index >= 15 is 0 Å². The molecule has 0 fully saturated rings. The maximum atomic E-state index is 13.2. The zero-order valence-electron chi connectivity index (χ0n) is 14.6. The van der Waals surface area contributed by atoms with Gasteiger partial charge < -0.3 is 15.2 Å². The van der Waals surface area contributed by atoms with Gasteiger partial charge in [0.1, 0.15) is 38.5 Å². The first-order valence-corrected chi connectivity index (χ1v) is 8.40. The minimum absolute atomic E-state index is 0.170. The summed E-state index contributed by atoms with van der Waals surface area (Å²) in [6.07, 6.45) is -1.01. The second-order valence-corrected chi connectivity index (χ2v) is 6.42. The quantitative estimate of drug-likeness (QED) is 0.846. The minimum atomic E-state index is -1.42. The Morgan fingerprint density at radius 3 is 2.59 bits per heavy atom. The molecule has 2 aromatic rings. The molecule has 0 amide bonds. The van der Waals surface area contributed by atoms with Crippen LogP contribution in [0.25, 0.3) is 0 Å². The molecule has 0 aromatic heterocycles. The zero-order chi connectivity index (χ0) is 19.3. The van der Waals surface area contributed by atoms with Gasteiger partial charge in [0.15, 0.2) is 0 Å². The zero-order valence-corrected chi connectivity index (χ0v) is 14.6. The van der Waals surface area contributed by atoms with Crippen molar-refractivity contribution in [1.29, 1.82) is 5.26 Å². The van der Waals surface area contributed by atoms with Crippen LogP contribution in [0.3, 0.4) is 0 Å². The molecule has 0 aliphatic carbocycles. The summed E-state index contributed by atoms with van der Waals surface area (Å²) in [7, 11) is 0. The topological polar surface area (TPSA) is 80.6 Å². The van der Waals surface area contributed by atoms with E-state index in [4.69, 9.17) is 20.5 Å². The van der Waals surface area contributed by atoms with E-state index in [1.54, 1.807) is 36.4 Å². The van der Waals surface area contributed by atoms with Crippen molar-refractivity contribution in [3.63, 3.8) is 0 Å². The Bertz CT molecular complexity index is 858. The average molecular weight is 371 g/mol. The molecule has 0 saturated heterocycles. The Labute approximate surface area is 156 Å². The molecule has 1 aliphatic heterocycles. The van der Waals surface area contributed by atoms with Gasteiger partial charge in [-0.05, 0) is 35.9 Å². The summed E-state index contributed by atoms with van der Waals surface area (Å²) in [6.45, 7) is -1.71. The molecule has 2 aromatic carbocycles. The van der Waals surface area contributed by atoms with Crippen molar-refractivity contribution >= 4 is 5.90 Å². The molecule has 1 aliphatic rings. The van der Waals surface area contributed by atoms with Gasteiger partial charge >= 0.3 is 0 Å². The highest BCUT2D eigenvalue weighted by atomic mass is 19.1. The molecule has 5 nitrogen and oxygen atoms in total. The van der Waals surface area contributed by atoms with Crippen LogP contribution in [0.2, 0.25) is 0 Å². The van der Waals surface area contributed by atoms with Crippen molar-refractivity contribution < 1.29 is 18.3 Å². The van der Waals surface area contributed by atoms with E-state index in [9.17, 15) is 8.78 Å². The monoisotopic (exact) mass is 371 g/mol. The normalized spacial score (nSPS) is 18.1. The van der Waals surface area contributed by atoms with Crippen LogP contribution in [-0.2, 0) is 11.3 Å². The molecule has 0 bridgehead atoms. The smallest absolute Gasteiger partial charge is 0.217 e. The standard InChI is InChI=1S/C20H19F2N3O2/c21-11-20(12-22)13-27-18(25-19(20)24)16-2-1-3-17(8-16)26-10-15-6-4-14(9-23)5-7-15/h1-8,19H,10-13,24H2/t19-/m1/s1. The van der Waals surface area contributed by atoms with Crippen molar-refractivity contribution in [1.82, 2.24) is 0 Å². The van der Waals surface area contributed by atoms with Crippen LogP contribution >= 0.6 is 0 Å². The summed E-state index contributed by atoms with van der Waals surface area (Å²) in [6, 6.07) is 16.2. The SMILES string of the molecule is N#Cc1ccc(COc2cccc(C3=N[C@@H](N)C(CF)(CF)CO3)c2)cc1. The van der Waals surface area contributed by atoms with Crippen LogP contribution < -0.4 is 10.5 Å². The lowest BCUT2D eigenvalue weighted by Crippen LogP contribution is -2.51. The maximum Gasteiger partial charge on any atom is 0.217 e. The van der Waals surface area contributed by atoms with Gasteiger partial charge in [0.25, 0.3) is 0 Å². The number of nitrogens with two attached hydrogens (primary N) is 1. The number of hydrogen-bond donors (Lipinski definition) is 1. The van der Waals surface area contributed by atoms with Gasteiger partial charge in [-0.1, -0.05) is 18.2 Å². The van der Waals surface area contributed by atoms with Crippen LogP contribution in [0.1, 0.15) is 16.7 Å². The predicted octanol–water partition coefficient (Wildman–Crippen LogP) is 3.12. The maximum absolute atomic E-state index is 13.2. The van der Waals surface area contributed by atoms with Crippen LogP contribution in [0.4, 0.5) is 8.78 Å². The largest absolute Gasteiger partial charge is 0.489 e. The number of rotatable bonds is 6. The van der Waals surface area contributed by atoms with Gasteiger partial charge in [-0.15, -0.1) is 0 Å². The molecule has 0 saturated carbocycles. The van der Waals surface area contributed by atoms with Crippen molar-refractivity contribution in [3.05, 3.63) is 65.2 Å². The summed E-state index contributed by atoms with van der Waals surface area (Å²) < 4.78 is 37.6. The third-order valence-electron chi connectivity index (χ3n) is 4.48. The lowest BCUT2D eigenvalue weighted by Gasteiger charge is -2.35. The molecule has 2 N–H and O–H groups in total. The van der Waals surface area contributed by atoms with E-state index < -0.39 is 24.9 Å². The van der Waals surface area contributed by atoms with Crippen molar-refractivity contribution in [2.75, 3.05) is 20.0 Å². The first kappa shape index (κ1) is 18.8. The summed E-state index contributed by atoms with van der Waals surface area (Å²) in [5, 5.41) is 8.82. The number of nitrogens with zero attached hydrogens (tertiary/aromatic N) is 2. The van der Waals surface area contributed by atoms with Crippen molar-refractivity contribution in [3.8, 4) is 11.8 Å². The summed E-state index contributed by atoms with van der Waals surface area (Å²) in [5.41, 5.74) is 6.56. The fraction of sp³-hybridized carbons (Fsp3) is 0.300. The lowest BCUT2D eigenvalue weighted by atomic mass is 9.88. The summed E-state index contributed by atoms with van der Waals surface area (Å²) >= 11 is 0. The highest BCUT2D eigenvalue weighted by Gasteiger charge is 2.42. The molecule has 1 atom stereocenters. The predicted molar refractivity (Wildman–Crippen MR) is 96.8 cm³/mol. The first-order valence-electron chi connectivity index (χ1n) is 8.40. The van der Waals surface area contributed by atoms with Crippen molar-refractivity contribution in [2.24, 2.45) is 16.1 Å². The van der Waals surface area contributed by atoms with E-state index in [0.717, 1.165) is 5.56 Å². The highest BCUT2D eigenvalue weighted by Crippen LogP contribution is 2.29. The number of hydrogen-bond acceptors (Lipinski definition) is 5. The average Bonchev–Trinajstić information content (AvgIpc) is 2.73. The minimum Gasteiger partial charge on any atom is -0.489 e. The van der Waals surface area contributed by atoms with Crippen LogP contribution in [0.15, 0.2) is 53.5 Å². The third-order valence-corrected chi connectivity index (χ3v) is 4.48. The van der Waals surface area contributed by atoms with Gasteiger partial charge in [-0.2, -0.15) is 5.26 Å². The Morgan fingerprint density at radius 1 is 1.22 bits per heavy atom. The van der Waals surface area contributed by atoms with E-state index in [0.29, 0.717) is 23.5 Å². The molecule has 7 heteroatoms. The van der Waals surface area contributed by atoms with Crippen LogP contribution in [0, 0.1) is 16.7 Å². The fourth-order valence-electron chi connectivity index (χ4n) is 2.59. The van der Waals surface area contributed by atoms with Gasteiger partial charge in [-0.3, -0.25) is 8.78 Å². The Hall–Kier alpha value is -2.98. The van der Waals surface area contributed by atoms with E-state index in [1.807, 2.05) is 12.1 Å². The molecule has 3 rings (SSSR count). The lowest BCUT2D eigenvalue weighted by molar-refractivity contribution is 0.0355. The van der Waals surface area contributed by atoms with E-state index in [-0.39, 0.29) is 12.5 Å². The van der Waals surface area contributed by atoms with Gasteiger partial charge in [0.05, 0.1) is 17.0 Å². The second-order valence-electron chi connectivity index (χ2n) is 6.42. The molecular weight excluding hydrogens is 352 g/mol. The van der Waals surface area contributed by atoms with E-state index in [2.05, 4.69) is 11.1 Å². The molecule has 27 heavy (non-hydrogen) atoms. The molecule has 140 valence electrons. The van der Waals surface area contributed by atoms with Gasteiger partial charge in [0, 0.05) is 5.56 Å². The van der Waals surface area contributed by atoms with Crippen LogP contribution in [-0.4, -0.2) is 32.0 Å². The Kier molecular flexibility index (Phi) is 5.67. The number of halogens is 2. The summed E-state index contributed by atoms with van der Waals surface area (Å²) in [4.78, 5) is 4.13. The Morgan fingerprint density at radius 2 is 1.96 bits per heavy atom. The molecule has 0 radical (unpaired) electrons. The van der Waals surface area contributed by atoms with Crippen LogP contribution in [0.5, 0.6) is 5.75 Å². The van der Waals surface area contributed by atoms with Crippen molar-refractivity contribution in [2.45, 2.75) is 12.8 Å². The fourth-order valence-corrected chi connectivity index (χ4v) is 2.59. The number of nitriles is 1. The van der Waals surface area contributed by atoms with E-state index in [1.165, 1.54) is 0 Å². The Balaban J connectivity index is 1.71. The number of alkyl halides is 2. The molecule has 1 heterocycles. The highest BCUT2D eigenvalue weighted by molar-refractivity contribution is 5.95. The molecular formula is C20H19F2N3O2. The molecule has 0 spiro atoms. The second kappa shape index (κ2) is 8.14. The first-order chi connectivity index (χ1) is 13.1. The number of aliphatic imine (C=N–C) groups is 1. The number of benzene rings is 2. The molecule has 0 unspecified atom stereocenters. The number of ether oxygens (including phenoxy) is 2. The third kappa shape index (κ3) is 4.07. The van der Waals surface area contributed by atoms with Gasteiger partial charge in [-0.25, -0.2) is 4.99 Å². The summed E-state index contributed by atoms with van der Waals surface area (Å²) in [5.74, 6) is 0.827. The van der Waals surface area contributed by atoms with Gasteiger partial charge in [0.2, 0.25) is 5.90 Å².